The summed E-state index contributed by atoms with van der Waals surface area (Å²) < 4.78 is 10.7. The molecule has 2 fully saturated rings. The predicted octanol–water partition coefficient (Wildman–Crippen LogP) is 2.02. The van der Waals surface area contributed by atoms with Crippen molar-refractivity contribution in [3.05, 3.63) is 0 Å². The molecule has 0 aromatic carbocycles. The number of carbonyl (C=O) groups is 2. The maximum atomic E-state index is 11.7. The first-order valence-electron chi connectivity index (χ1n) is 6.10. The van der Waals surface area contributed by atoms with E-state index in [1.54, 1.807) is 0 Å². The number of rotatable bonds is 1. The molecular weight excluding hydrogens is 349 g/mol. The number of amides is 1. The summed E-state index contributed by atoms with van der Waals surface area (Å²) in [5.74, 6) is -0.409. The molecule has 6 heteroatoms. The Balaban J connectivity index is 1.97. The number of alkyl halides is 1. The minimum atomic E-state index is -0.527. The van der Waals surface area contributed by atoms with E-state index in [0.717, 1.165) is 6.42 Å². The van der Waals surface area contributed by atoms with E-state index >= 15 is 0 Å². The lowest BCUT2D eigenvalue weighted by Gasteiger charge is -2.30. The van der Waals surface area contributed by atoms with Crippen molar-refractivity contribution in [3.8, 4) is 0 Å². The molecule has 1 N–H and O–H groups in total. The van der Waals surface area contributed by atoms with E-state index in [1.807, 2.05) is 20.8 Å². The van der Waals surface area contributed by atoms with Gasteiger partial charge in [0.15, 0.2) is 0 Å². The summed E-state index contributed by atoms with van der Waals surface area (Å²) in [6, 6.07) is -0.173. The number of nitrogens with one attached hydrogen (secondary N) is 1. The standard InChI is InChI=1S/C12H18INO4/c1-12(2,3)18-11(16)14-8-5-7(13)9-4-6(8)10(15)17-9/h6-9H,4-5H2,1-3H3,(H,14,16)/t6-,7+,8+,9+/m1/s1. The first kappa shape index (κ1) is 13.9. The van der Waals surface area contributed by atoms with Crippen LogP contribution in [0.15, 0.2) is 0 Å². The Morgan fingerprint density at radius 3 is 2.72 bits per heavy atom. The Morgan fingerprint density at radius 2 is 2.11 bits per heavy atom. The molecule has 2 aliphatic rings. The minimum Gasteiger partial charge on any atom is -0.461 e. The Bertz CT molecular complexity index is 366. The number of fused-ring (bicyclic) bond motifs is 2. The third-order valence-corrected chi connectivity index (χ3v) is 4.44. The molecule has 0 unspecified atom stereocenters. The number of ether oxygens (including phenoxy) is 2. The normalized spacial score (nSPS) is 35.0. The highest BCUT2D eigenvalue weighted by Gasteiger charge is 2.48. The van der Waals surface area contributed by atoms with Crippen LogP contribution in [-0.4, -0.2) is 33.7 Å². The smallest absolute Gasteiger partial charge is 0.407 e. The van der Waals surface area contributed by atoms with E-state index in [4.69, 9.17) is 9.47 Å². The molecule has 5 nitrogen and oxygen atoms in total. The van der Waals surface area contributed by atoms with Gasteiger partial charge in [0.05, 0.1) is 9.84 Å². The summed E-state index contributed by atoms with van der Waals surface area (Å²) >= 11 is 2.28. The van der Waals surface area contributed by atoms with Crippen LogP contribution in [0.1, 0.15) is 33.6 Å². The Hall–Kier alpha value is -0.530. The van der Waals surface area contributed by atoms with Gasteiger partial charge in [-0.25, -0.2) is 4.79 Å². The molecule has 2 bridgehead atoms. The second-order valence-corrected chi connectivity index (χ2v) is 7.42. The summed E-state index contributed by atoms with van der Waals surface area (Å²) in [6.07, 6.45) is 1.00. The van der Waals surface area contributed by atoms with Crippen LogP contribution in [-0.2, 0) is 14.3 Å². The van der Waals surface area contributed by atoms with E-state index in [-0.39, 0.29) is 28.0 Å². The minimum absolute atomic E-state index is 0.0137. The van der Waals surface area contributed by atoms with Crippen LogP contribution in [0.3, 0.4) is 0 Å². The molecule has 1 saturated heterocycles. The number of carbonyl (C=O) groups excluding carboxylic acids is 2. The Morgan fingerprint density at radius 1 is 1.44 bits per heavy atom. The first-order chi connectivity index (χ1) is 8.26. The van der Waals surface area contributed by atoms with Gasteiger partial charge in [0.25, 0.3) is 0 Å². The molecule has 18 heavy (non-hydrogen) atoms. The van der Waals surface area contributed by atoms with Crippen LogP contribution in [0, 0.1) is 5.92 Å². The molecule has 0 spiro atoms. The summed E-state index contributed by atoms with van der Waals surface area (Å²) in [7, 11) is 0. The van der Waals surface area contributed by atoms with Crippen LogP contribution in [0.2, 0.25) is 0 Å². The predicted molar refractivity (Wildman–Crippen MR) is 73.6 cm³/mol. The van der Waals surface area contributed by atoms with Crippen molar-refractivity contribution in [2.45, 2.75) is 55.3 Å². The average molecular weight is 367 g/mol. The lowest BCUT2D eigenvalue weighted by Crippen LogP contribution is -2.47. The quantitative estimate of drug-likeness (QED) is 0.438. The van der Waals surface area contributed by atoms with Crippen LogP contribution in [0.4, 0.5) is 4.79 Å². The van der Waals surface area contributed by atoms with Crippen LogP contribution in [0.25, 0.3) is 0 Å². The van der Waals surface area contributed by atoms with E-state index in [1.165, 1.54) is 0 Å². The zero-order valence-electron chi connectivity index (χ0n) is 10.7. The molecule has 2 rings (SSSR count). The fourth-order valence-corrected chi connectivity index (χ4v) is 3.35. The topological polar surface area (TPSA) is 64.6 Å². The van der Waals surface area contributed by atoms with Crippen molar-refractivity contribution in [2.24, 2.45) is 5.92 Å². The van der Waals surface area contributed by atoms with Gasteiger partial charge < -0.3 is 14.8 Å². The summed E-state index contributed by atoms with van der Waals surface area (Å²) in [5.41, 5.74) is -0.527. The number of hydrogen-bond donors (Lipinski definition) is 1. The maximum Gasteiger partial charge on any atom is 0.407 e. The maximum absolute atomic E-state index is 11.7. The number of alkyl carbamates (subject to hydrolysis) is 1. The van der Waals surface area contributed by atoms with Gasteiger partial charge >= 0.3 is 12.1 Å². The first-order valence-corrected chi connectivity index (χ1v) is 7.35. The second kappa shape index (κ2) is 4.86. The fraction of sp³-hybridized carbons (Fsp3) is 0.833. The molecular formula is C12H18INO4. The van der Waals surface area contributed by atoms with Crippen molar-refractivity contribution in [3.63, 3.8) is 0 Å². The lowest BCUT2D eigenvalue weighted by molar-refractivity contribution is -0.143. The van der Waals surface area contributed by atoms with Gasteiger partial charge in [0.1, 0.15) is 11.7 Å². The van der Waals surface area contributed by atoms with E-state index in [0.29, 0.717) is 6.42 Å². The van der Waals surface area contributed by atoms with Gasteiger partial charge in [-0.05, 0) is 27.2 Å². The van der Waals surface area contributed by atoms with Gasteiger partial charge in [0, 0.05) is 12.5 Å². The molecule has 1 aliphatic heterocycles. The zero-order chi connectivity index (χ0) is 13.5. The molecule has 1 saturated carbocycles. The van der Waals surface area contributed by atoms with Gasteiger partial charge in [-0.1, -0.05) is 22.6 Å². The summed E-state index contributed by atoms with van der Waals surface area (Å²) in [5, 5.41) is 2.80. The van der Waals surface area contributed by atoms with Crippen LogP contribution < -0.4 is 5.32 Å². The largest absolute Gasteiger partial charge is 0.461 e. The van der Waals surface area contributed by atoms with Crippen LogP contribution in [0.5, 0.6) is 0 Å². The number of halogens is 1. The third-order valence-electron chi connectivity index (χ3n) is 3.13. The zero-order valence-corrected chi connectivity index (χ0v) is 12.9. The van der Waals surface area contributed by atoms with Crippen molar-refractivity contribution in [1.29, 1.82) is 0 Å². The van der Waals surface area contributed by atoms with Crippen molar-refractivity contribution < 1.29 is 19.1 Å². The molecule has 1 amide bonds. The van der Waals surface area contributed by atoms with E-state index in [2.05, 4.69) is 27.9 Å². The molecule has 0 radical (unpaired) electrons. The van der Waals surface area contributed by atoms with Crippen molar-refractivity contribution in [2.75, 3.05) is 0 Å². The molecule has 0 aromatic rings. The fourth-order valence-electron chi connectivity index (χ4n) is 2.36. The average Bonchev–Trinajstić information content (AvgIpc) is 2.51. The highest BCUT2D eigenvalue weighted by Crippen LogP contribution is 2.38. The van der Waals surface area contributed by atoms with E-state index < -0.39 is 11.7 Å². The Kier molecular flexibility index (Phi) is 3.75. The van der Waals surface area contributed by atoms with Gasteiger partial charge in [-0.15, -0.1) is 0 Å². The Labute approximate surface area is 120 Å². The number of esters is 1. The second-order valence-electron chi connectivity index (χ2n) is 5.82. The highest BCUT2D eigenvalue weighted by atomic mass is 127. The molecule has 0 aromatic heterocycles. The van der Waals surface area contributed by atoms with Crippen LogP contribution >= 0.6 is 22.6 Å². The van der Waals surface area contributed by atoms with Crippen molar-refractivity contribution >= 4 is 34.7 Å². The van der Waals surface area contributed by atoms with Crippen molar-refractivity contribution in [1.82, 2.24) is 5.32 Å². The monoisotopic (exact) mass is 367 g/mol. The summed E-state index contributed by atoms with van der Waals surface area (Å²) in [6.45, 7) is 5.44. The molecule has 102 valence electrons. The van der Waals surface area contributed by atoms with Gasteiger partial charge in [-0.2, -0.15) is 0 Å². The SMILES string of the molecule is CC(C)(C)OC(=O)N[C@H]1C[C@H](I)[C@@H]2C[C@H]1C(=O)O2. The molecule has 1 aliphatic carbocycles. The van der Waals surface area contributed by atoms with Gasteiger partial charge in [-0.3, -0.25) is 4.79 Å². The van der Waals surface area contributed by atoms with Gasteiger partial charge in [0.2, 0.25) is 0 Å². The highest BCUT2D eigenvalue weighted by molar-refractivity contribution is 14.1. The third kappa shape index (κ3) is 3.07. The molecule has 4 atom stereocenters. The molecule has 1 heterocycles. The van der Waals surface area contributed by atoms with E-state index in [9.17, 15) is 9.59 Å². The number of hydrogen-bond acceptors (Lipinski definition) is 4. The lowest BCUT2D eigenvalue weighted by atomic mass is 9.85. The summed E-state index contributed by atoms with van der Waals surface area (Å²) in [4.78, 5) is 23.4.